The zero-order valence-corrected chi connectivity index (χ0v) is 44.0. The fourth-order valence-electron chi connectivity index (χ4n) is 14.3. The predicted octanol–water partition coefficient (Wildman–Crippen LogP) is 3.12. The van der Waals surface area contributed by atoms with Gasteiger partial charge >= 0.3 is 29.6 Å². The van der Waals surface area contributed by atoms with E-state index in [1.807, 2.05) is 13.0 Å². The first-order chi connectivity index (χ1) is 33.0. The molecule has 6 unspecified atom stereocenters. The van der Waals surface area contributed by atoms with E-state index in [2.05, 4.69) is 27.5 Å². The van der Waals surface area contributed by atoms with Gasteiger partial charge in [0.25, 0.3) is 10.1 Å². The van der Waals surface area contributed by atoms with Gasteiger partial charge in [0.05, 0.1) is 42.7 Å². The molecule has 10 fully saturated rings. The number of pyridine rings is 2. The van der Waals surface area contributed by atoms with E-state index in [4.69, 9.17) is 28.6 Å². The topological polar surface area (TPSA) is 198 Å². The molecule has 14 nitrogen and oxygen atoms in total. The van der Waals surface area contributed by atoms with Gasteiger partial charge in [0.1, 0.15) is 23.1 Å². The molecule has 374 valence electrons. The number of rotatable bonds is 15. The van der Waals surface area contributed by atoms with E-state index in [1.165, 1.54) is 24.3 Å². The van der Waals surface area contributed by atoms with Gasteiger partial charge in [-0.3, -0.25) is 23.7 Å². The second kappa shape index (κ2) is 20.0. The summed E-state index contributed by atoms with van der Waals surface area (Å²) in [6.45, 7) is 5.13. The molecule has 18 heteroatoms. The minimum absolute atomic E-state index is 0. The molecule has 0 saturated heterocycles. The molecular formula is C52H65F2N4NaO10S. The molecule has 10 atom stereocenters. The molecule has 2 amide bonds. The average molecular weight is 999 g/mol. The van der Waals surface area contributed by atoms with Gasteiger partial charge in [0.2, 0.25) is 11.8 Å². The first-order valence-corrected chi connectivity index (χ1v) is 26.0. The van der Waals surface area contributed by atoms with Crippen LogP contribution >= 0.6 is 0 Å². The minimum atomic E-state index is -3.43. The maximum atomic E-state index is 13.7. The number of fused-ring (bicyclic) bond motifs is 4. The normalized spacial score (nSPS) is 34.6. The van der Waals surface area contributed by atoms with Crippen molar-refractivity contribution < 1.29 is 85.0 Å². The van der Waals surface area contributed by atoms with Gasteiger partial charge in [0.15, 0.2) is 0 Å². The molecule has 3 N–H and O–H groups in total. The first-order valence-electron chi connectivity index (χ1n) is 24.2. The summed E-state index contributed by atoms with van der Waals surface area (Å²) in [7, 11) is 0.0742. The van der Waals surface area contributed by atoms with Gasteiger partial charge in [-0.05, 0) is 148 Å². The summed E-state index contributed by atoms with van der Waals surface area (Å²) in [6.07, 6.45) is 14.0. The number of aliphatic hydroxyl groups is 1. The fraction of sp³-hybridized carbons (Fsp3) is 0.615. The molecule has 70 heavy (non-hydrogen) atoms. The number of nitrogens with one attached hydrogen (secondary N) is 2. The summed E-state index contributed by atoms with van der Waals surface area (Å²) in [5, 5.41) is 23.3. The maximum Gasteiger partial charge on any atom is 1.00 e. The number of hydrogen-bond acceptors (Lipinski definition) is 12. The number of aromatic nitrogens is 2. The monoisotopic (exact) mass is 998 g/mol. The third-order valence-corrected chi connectivity index (χ3v) is 17.5. The smallest absolute Gasteiger partial charge is 0.857 e. The molecule has 0 radical (unpaired) electrons. The Labute approximate surface area is 431 Å². The number of ether oxygens (including phenoxy) is 3. The molecule has 2 aromatic heterocycles. The van der Waals surface area contributed by atoms with Crippen LogP contribution in [0.1, 0.15) is 78.1 Å². The molecule has 2 aromatic carbocycles. The summed E-state index contributed by atoms with van der Waals surface area (Å²) in [6, 6.07) is 12.7. The van der Waals surface area contributed by atoms with Crippen LogP contribution in [0.5, 0.6) is 11.5 Å². The number of hydrogen-bond donors (Lipinski definition) is 3. The Morgan fingerprint density at radius 3 is 1.43 bits per heavy atom. The van der Waals surface area contributed by atoms with Crippen molar-refractivity contribution in [2.24, 2.45) is 58.2 Å². The maximum absolute atomic E-state index is 13.7. The van der Waals surface area contributed by atoms with Crippen molar-refractivity contribution in [1.29, 1.82) is 0 Å². The van der Waals surface area contributed by atoms with Gasteiger partial charge in [0, 0.05) is 71.1 Å². The number of halogens is 2. The average Bonchev–Trinajstić information content (AvgIpc) is 4.01. The van der Waals surface area contributed by atoms with E-state index in [-0.39, 0.29) is 100 Å². The van der Waals surface area contributed by atoms with E-state index in [0.29, 0.717) is 63.3 Å². The summed E-state index contributed by atoms with van der Waals surface area (Å²) in [5.74, 6) is 4.03. The van der Waals surface area contributed by atoms with Crippen LogP contribution < -0.4 is 54.8 Å². The fourth-order valence-corrected chi connectivity index (χ4v) is 14.8. The molecule has 10 aliphatic carbocycles. The minimum Gasteiger partial charge on any atom is -0.857 e. The van der Waals surface area contributed by atoms with Crippen LogP contribution in [-0.4, -0.2) is 99.4 Å². The second-order valence-corrected chi connectivity index (χ2v) is 23.4. The van der Waals surface area contributed by atoms with Gasteiger partial charge in [-0.15, -0.1) is 0 Å². The van der Waals surface area contributed by atoms with Crippen molar-refractivity contribution in [3.63, 3.8) is 0 Å². The molecule has 2 heterocycles. The van der Waals surface area contributed by atoms with Crippen molar-refractivity contribution in [1.82, 2.24) is 20.6 Å². The molecule has 10 saturated carbocycles. The van der Waals surface area contributed by atoms with Crippen LogP contribution in [0.15, 0.2) is 60.9 Å². The Balaban J connectivity index is 0.000000174. The summed E-state index contributed by atoms with van der Waals surface area (Å²) < 4.78 is 72.7. The number of carbonyl (C=O) groups is 2. The van der Waals surface area contributed by atoms with Crippen LogP contribution in [0.2, 0.25) is 0 Å². The number of benzene rings is 2. The molecule has 14 rings (SSSR count). The van der Waals surface area contributed by atoms with E-state index >= 15 is 0 Å². The zero-order valence-electron chi connectivity index (χ0n) is 41.2. The SMILES string of the molecule is CC(C(=O)NC12CC(COS(C)(=O)=O)(C1)C2)C1[C@H]2CC(Oc3ccnc4ccc(F)cc34)C[C@@H]12.CO.COCC12CC(NC(=O)C(C)C3[C@H]4CC(Oc5ccnc6ccc(F)cc56)C[C@@H]34)(C1)C2.C[O-].[Na+]. The van der Waals surface area contributed by atoms with Crippen LogP contribution in [-0.2, 0) is 28.6 Å². The van der Waals surface area contributed by atoms with Crippen molar-refractivity contribution in [3.8, 4) is 11.5 Å². The van der Waals surface area contributed by atoms with Crippen LogP contribution in [0, 0.1) is 69.8 Å². The van der Waals surface area contributed by atoms with E-state index in [1.54, 1.807) is 37.7 Å². The predicted molar refractivity (Wildman–Crippen MR) is 251 cm³/mol. The van der Waals surface area contributed by atoms with Crippen molar-refractivity contribution in [3.05, 3.63) is 72.6 Å². The van der Waals surface area contributed by atoms with Gasteiger partial charge in [-0.25, -0.2) is 8.78 Å². The molecule has 10 aliphatic rings. The Hall–Kier alpha value is -3.55. The molecule has 4 bridgehead atoms. The van der Waals surface area contributed by atoms with Crippen LogP contribution in [0.4, 0.5) is 8.78 Å². The molecule has 0 spiro atoms. The summed E-state index contributed by atoms with van der Waals surface area (Å²) in [5.41, 5.74) is 1.60. The molecular weight excluding hydrogens is 934 g/mol. The summed E-state index contributed by atoms with van der Waals surface area (Å²) >= 11 is 0. The van der Waals surface area contributed by atoms with E-state index in [0.717, 1.165) is 102 Å². The first kappa shape index (κ1) is 52.8. The number of aliphatic hydroxyl groups excluding tert-OH is 1. The van der Waals surface area contributed by atoms with E-state index < -0.39 is 10.1 Å². The Morgan fingerprint density at radius 1 is 0.700 bits per heavy atom. The largest absolute Gasteiger partial charge is 1.00 e. The van der Waals surface area contributed by atoms with Gasteiger partial charge in [-0.1, -0.05) is 13.8 Å². The Morgan fingerprint density at radius 2 is 1.07 bits per heavy atom. The summed E-state index contributed by atoms with van der Waals surface area (Å²) in [4.78, 5) is 34.4. The Kier molecular flexibility index (Phi) is 15.1. The number of carbonyl (C=O) groups excluding carboxylic acids is 2. The van der Waals surface area contributed by atoms with Crippen molar-refractivity contribution in [2.45, 2.75) is 101 Å². The molecule has 0 aliphatic heterocycles. The molecule has 4 aromatic rings. The van der Waals surface area contributed by atoms with Gasteiger partial charge < -0.3 is 35.1 Å². The van der Waals surface area contributed by atoms with Crippen molar-refractivity contribution in [2.75, 3.05) is 40.8 Å². The van der Waals surface area contributed by atoms with Crippen LogP contribution in [0.25, 0.3) is 21.8 Å². The standard InChI is InChI=1S/C25H29FN2O5S.C25H29FN2O3.CH4O.CH3O.Na/c1-14(23(29)28-25-10-24(11-25,12-25)13-32-34(2,30)31)22-17-8-16(9-18(17)22)33-21-5-6-27-20-4-3-15(26)7-19(20)21;1-14(23(29)28-25-10-24(11-25,12-25)13-30-2)22-17-8-16(9-18(17)22)31-21-5-6-27-20-4-3-15(26)7-19(20)21;2*1-2;/h3-7,14,16-18,22H,8-13H2,1-2H3,(H,28,29);3-7,14,16-18,22H,8-13H2,1-2H3,(H,28,29);2H,1H3;1H3;/q;;;-1;+1/t2*14?,16?,17-,18+,22?,24?,25?;;;. The van der Waals surface area contributed by atoms with Crippen LogP contribution in [0.3, 0.4) is 0 Å². The quantitative estimate of drug-likeness (QED) is 0.117. The number of methoxy groups -OCH3 is 1. The third-order valence-electron chi connectivity index (χ3n) is 16.9. The second-order valence-electron chi connectivity index (χ2n) is 21.8. The van der Waals surface area contributed by atoms with E-state index in [9.17, 15) is 26.8 Å². The van der Waals surface area contributed by atoms with Gasteiger partial charge in [-0.2, -0.15) is 15.5 Å². The Bertz CT molecular complexity index is 2650. The third kappa shape index (κ3) is 10.2. The van der Waals surface area contributed by atoms with Crippen molar-refractivity contribution >= 4 is 43.7 Å². The number of nitrogens with zero attached hydrogens (tertiary/aromatic N) is 2. The number of amides is 2. The zero-order chi connectivity index (χ0) is 49.3.